The van der Waals surface area contributed by atoms with Crippen molar-refractivity contribution in [1.29, 1.82) is 0 Å². The molecule has 1 aromatic carbocycles. The van der Waals surface area contributed by atoms with Gasteiger partial charge in [-0.2, -0.15) is 0 Å². The number of ketones is 1. The zero-order valence-corrected chi connectivity index (χ0v) is 11.7. The minimum Gasteiger partial charge on any atom is -0.489 e. The van der Waals surface area contributed by atoms with E-state index in [4.69, 9.17) is 10.5 Å². The van der Waals surface area contributed by atoms with Crippen LogP contribution in [0.3, 0.4) is 0 Å². The molecule has 0 radical (unpaired) electrons. The zero-order chi connectivity index (χ0) is 13.7. The van der Waals surface area contributed by atoms with Crippen LogP contribution in [0, 0.1) is 5.92 Å². The first-order valence-corrected chi connectivity index (χ1v) is 6.59. The maximum absolute atomic E-state index is 12.2. The Bertz CT molecular complexity index is 409. The van der Waals surface area contributed by atoms with Crippen LogP contribution < -0.4 is 10.5 Å². The Kier molecular flexibility index (Phi) is 5.20. The fraction of sp³-hybridized carbons (Fsp3) is 0.533. The predicted molar refractivity (Wildman–Crippen MR) is 75.0 cm³/mol. The van der Waals surface area contributed by atoms with Crippen LogP contribution in [0.1, 0.15) is 50.9 Å². The normalized spacial score (nSPS) is 11.0. The molecule has 2 N–H and O–H groups in total. The van der Waals surface area contributed by atoms with Gasteiger partial charge in [0.1, 0.15) is 5.75 Å². The molecule has 0 aliphatic rings. The van der Waals surface area contributed by atoms with E-state index in [1.807, 2.05) is 27.7 Å². The van der Waals surface area contributed by atoms with Gasteiger partial charge in [-0.25, -0.2) is 0 Å². The Morgan fingerprint density at radius 1 is 1.28 bits per heavy atom. The van der Waals surface area contributed by atoms with Crippen molar-refractivity contribution in [2.75, 3.05) is 5.73 Å². The number of nitrogens with two attached hydrogens (primary N) is 1. The van der Waals surface area contributed by atoms with Crippen molar-refractivity contribution in [3.8, 4) is 5.75 Å². The van der Waals surface area contributed by atoms with Crippen LogP contribution in [0.4, 0.5) is 5.69 Å². The van der Waals surface area contributed by atoms with Gasteiger partial charge in [0.15, 0.2) is 5.78 Å². The Hall–Kier alpha value is -1.51. The molecule has 0 amide bonds. The molecule has 1 rings (SSSR count). The van der Waals surface area contributed by atoms with E-state index in [-0.39, 0.29) is 17.8 Å². The van der Waals surface area contributed by atoms with Gasteiger partial charge in [-0.05, 0) is 44.9 Å². The number of anilines is 1. The van der Waals surface area contributed by atoms with Gasteiger partial charge >= 0.3 is 0 Å². The first-order valence-electron chi connectivity index (χ1n) is 6.59. The van der Waals surface area contributed by atoms with Gasteiger partial charge in [-0.15, -0.1) is 0 Å². The van der Waals surface area contributed by atoms with Crippen molar-refractivity contribution in [2.24, 2.45) is 5.92 Å². The summed E-state index contributed by atoms with van der Waals surface area (Å²) in [6.45, 7) is 7.96. The van der Waals surface area contributed by atoms with E-state index >= 15 is 0 Å². The summed E-state index contributed by atoms with van der Waals surface area (Å²) in [6, 6.07) is 5.30. The second kappa shape index (κ2) is 6.43. The van der Waals surface area contributed by atoms with E-state index in [1.54, 1.807) is 18.2 Å². The Morgan fingerprint density at radius 3 is 2.33 bits per heavy atom. The third-order valence-electron chi connectivity index (χ3n) is 3.01. The molecule has 18 heavy (non-hydrogen) atoms. The monoisotopic (exact) mass is 249 g/mol. The standard InChI is InChI=1S/C15H23NO2/c1-5-11(6-2)15(17)12-7-8-14(13(16)9-12)18-10(3)4/h7-11H,5-6,16H2,1-4H3. The van der Waals surface area contributed by atoms with Crippen LogP contribution in [0.15, 0.2) is 18.2 Å². The minimum absolute atomic E-state index is 0.0767. The maximum atomic E-state index is 12.2. The van der Waals surface area contributed by atoms with E-state index in [1.165, 1.54) is 0 Å². The molecule has 0 aromatic heterocycles. The van der Waals surface area contributed by atoms with Crippen molar-refractivity contribution in [2.45, 2.75) is 46.6 Å². The molecule has 100 valence electrons. The lowest BCUT2D eigenvalue weighted by Crippen LogP contribution is -2.14. The average molecular weight is 249 g/mol. The lowest BCUT2D eigenvalue weighted by atomic mass is 9.93. The highest BCUT2D eigenvalue weighted by Gasteiger charge is 2.17. The van der Waals surface area contributed by atoms with Crippen molar-refractivity contribution in [3.63, 3.8) is 0 Å². The number of hydrogen-bond acceptors (Lipinski definition) is 3. The lowest BCUT2D eigenvalue weighted by Gasteiger charge is -2.15. The number of carbonyl (C=O) groups is 1. The summed E-state index contributed by atoms with van der Waals surface area (Å²) in [5.74, 6) is 0.898. The molecule has 0 saturated carbocycles. The smallest absolute Gasteiger partial charge is 0.165 e. The van der Waals surface area contributed by atoms with Crippen LogP contribution in [0.5, 0.6) is 5.75 Å². The van der Waals surface area contributed by atoms with Gasteiger partial charge in [-0.1, -0.05) is 13.8 Å². The van der Waals surface area contributed by atoms with Gasteiger partial charge in [0.2, 0.25) is 0 Å². The summed E-state index contributed by atoms with van der Waals surface area (Å²) in [6.07, 6.45) is 1.80. The largest absolute Gasteiger partial charge is 0.489 e. The molecule has 0 unspecified atom stereocenters. The molecule has 0 aliphatic heterocycles. The number of ether oxygens (including phenoxy) is 1. The molecule has 0 aliphatic carbocycles. The summed E-state index contributed by atoms with van der Waals surface area (Å²) in [7, 11) is 0. The first kappa shape index (κ1) is 14.6. The summed E-state index contributed by atoms with van der Waals surface area (Å²) in [4.78, 5) is 12.2. The first-order chi connectivity index (χ1) is 8.49. The highest BCUT2D eigenvalue weighted by atomic mass is 16.5. The summed E-state index contributed by atoms with van der Waals surface area (Å²) >= 11 is 0. The number of nitrogen functional groups attached to an aromatic ring is 1. The molecule has 1 aromatic rings. The van der Waals surface area contributed by atoms with Gasteiger partial charge in [0.25, 0.3) is 0 Å². The molecule has 3 nitrogen and oxygen atoms in total. The number of carbonyl (C=O) groups excluding carboxylic acids is 1. The van der Waals surface area contributed by atoms with Crippen LogP contribution in [0.25, 0.3) is 0 Å². The summed E-state index contributed by atoms with van der Waals surface area (Å²) < 4.78 is 5.56. The molecule has 0 bridgehead atoms. The average Bonchev–Trinajstić information content (AvgIpc) is 2.32. The number of rotatable bonds is 6. The van der Waals surface area contributed by atoms with Gasteiger partial charge in [0.05, 0.1) is 11.8 Å². The number of benzene rings is 1. The third-order valence-corrected chi connectivity index (χ3v) is 3.01. The predicted octanol–water partition coefficient (Wildman–Crippen LogP) is 3.67. The van der Waals surface area contributed by atoms with Crippen molar-refractivity contribution >= 4 is 11.5 Å². The fourth-order valence-electron chi connectivity index (χ4n) is 1.96. The minimum atomic E-state index is 0.0767. The van der Waals surface area contributed by atoms with E-state index < -0.39 is 0 Å². The van der Waals surface area contributed by atoms with Crippen molar-refractivity contribution in [3.05, 3.63) is 23.8 Å². The molecule has 0 heterocycles. The molecular weight excluding hydrogens is 226 g/mol. The SMILES string of the molecule is CCC(CC)C(=O)c1ccc(OC(C)C)c(N)c1. The third kappa shape index (κ3) is 3.49. The highest BCUT2D eigenvalue weighted by Crippen LogP contribution is 2.26. The number of hydrogen-bond donors (Lipinski definition) is 1. The topological polar surface area (TPSA) is 52.3 Å². The fourth-order valence-corrected chi connectivity index (χ4v) is 1.96. The maximum Gasteiger partial charge on any atom is 0.165 e. The molecular formula is C15H23NO2. The van der Waals surface area contributed by atoms with Crippen LogP contribution in [-0.2, 0) is 0 Å². The molecule has 0 saturated heterocycles. The number of Topliss-reactive ketones (excluding diaryl/α,β-unsaturated/α-hetero) is 1. The van der Waals surface area contributed by atoms with Gasteiger partial charge in [-0.3, -0.25) is 4.79 Å². The summed E-state index contributed by atoms with van der Waals surface area (Å²) in [5, 5.41) is 0. The zero-order valence-electron chi connectivity index (χ0n) is 11.7. The highest BCUT2D eigenvalue weighted by molar-refractivity contribution is 5.98. The van der Waals surface area contributed by atoms with E-state index in [9.17, 15) is 4.79 Å². The van der Waals surface area contributed by atoms with Crippen LogP contribution in [0.2, 0.25) is 0 Å². The van der Waals surface area contributed by atoms with Gasteiger partial charge in [0, 0.05) is 11.5 Å². The molecule has 0 atom stereocenters. The molecule has 0 fully saturated rings. The quantitative estimate of drug-likeness (QED) is 0.618. The summed E-state index contributed by atoms with van der Waals surface area (Å²) in [5.41, 5.74) is 7.12. The van der Waals surface area contributed by atoms with Crippen molar-refractivity contribution < 1.29 is 9.53 Å². The molecule has 3 heteroatoms. The Labute approximate surface area is 109 Å². The lowest BCUT2D eigenvalue weighted by molar-refractivity contribution is 0.0913. The second-order valence-electron chi connectivity index (χ2n) is 4.80. The Balaban J connectivity index is 2.93. The Morgan fingerprint density at radius 2 is 1.89 bits per heavy atom. The van der Waals surface area contributed by atoms with E-state index in [2.05, 4.69) is 0 Å². The second-order valence-corrected chi connectivity index (χ2v) is 4.80. The van der Waals surface area contributed by atoms with Crippen LogP contribution >= 0.6 is 0 Å². The molecule has 0 spiro atoms. The van der Waals surface area contributed by atoms with E-state index in [0.717, 1.165) is 12.8 Å². The van der Waals surface area contributed by atoms with Gasteiger partial charge < -0.3 is 10.5 Å². The van der Waals surface area contributed by atoms with Crippen molar-refractivity contribution in [1.82, 2.24) is 0 Å². The van der Waals surface area contributed by atoms with Crippen LogP contribution in [-0.4, -0.2) is 11.9 Å². The van der Waals surface area contributed by atoms with E-state index in [0.29, 0.717) is 17.0 Å².